The van der Waals surface area contributed by atoms with Crippen molar-refractivity contribution in [2.24, 2.45) is 4.99 Å². The van der Waals surface area contributed by atoms with Gasteiger partial charge in [-0.25, -0.2) is 9.97 Å². The molecule has 26 heavy (non-hydrogen) atoms. The SMILES string of the molecule is CN=C(NC1CC1c1ccccc1)N1CCN(c2ncccn2)CC1.I. The Kier molecular flexibility index (Phi) is 6.29. The van der Waals surface area contributed by atoms with Gasteiger partial charge in [0.25, 0.3) is 0 Å². The highest BCUT2D eigenvalue weighted by Gasteiger charge is 2.39. The molecule has 1 aromatic heterocycles. The first kappa shape index (κ1) is 18.9. The molecule has 1 aliphatic heterocycles. The zero-order valence-corrected chi connectivity index (χ0v) is 17.3. The summed E-state index contributed by atoms with van der Waals surface area (Å²) in [7, 11) is 1.87. The standard InChI is InChI=1S/C19H24N6.HI/c1-20-18(23-17-14-16(17)15-6-3-2-4-7-15)24-10-12-25(13-11-24)19-21-8-5-9-22-19;/h2-9,16-17H,10-14H2,1H3,(H,20,23);1H. The number of anilines is 1. The summed E-state index contributed by atoms with van der Waals surface area (Å²) < 4.78 is 0. The zero-order chi connectivity index (χ0) is 17.1. The highest BCUT2D eigenvalue weighted by molar-refractivity contribution is 14.0. The molecule has 2 fully saturated rings. The van der Waals surface area contributed by atoms with Crippen molar-refractivity contribution in [3.8, 4) is 0 Å². The first-order valence-corrected chi connectivity index (χ1v) is 8.90. The van der Waals surface area contributed by atoms with Crippen LogP contribution in [-0.4, -0.2) is 60.1 Å². The summed E-state index contributed by atoms with van der Waals surface area (Å²) in [5.74, 6) is 2.44. The topological polar surface area (TPSA) is 56.7 Å². The summed E-state index contributed by atoms with van der Waals surface area (Å²) in [5, 5.41) is 3.64. The highest BCUT2D eigenvalue weighted by Crippen LogP contribution is 2.40. The first-order valence-electron chi connectivity index (χ1n) is 8.90. The molecule has 6 nitrogen and oxygen atoms in total. The molecule has 1 aliphatic carbocycles. The third-order valence-corrected chi connectivity index (χ3v) is 4.96. The molecule has 1 saturated heterocycles. The first-order chi connectivity index (χ1) is 12.3. The maximum Gasteiger partial charge on any atom is 0.225 e. The fourth-order valence-corrected chi connectivity index (χ4v) is 3.46. The lowest BCUT2D eigenvalue weighted by Gasteiger charge is -2.36. The minimum atomic E-state index is 0. The number of halogens is 1. The Morgan fingerprint density at radius 3 is 2.38 bits per heavy atom. The van der Waals surface area contributed by atoms with E-state index in [4.69, 9.17) is 0 Å². The number of nitrogens with zero attached hydrogens (tertiary/aromatic N) is 5. The van der Waals surface area contributed by atoms with E-state index >= 15 is 0 Å². The monoisotopic (exact) mass is 464 g/mol. The van der Waals surface area contributed by atoms with Gasteiger partial charge in [0.2, 0.25) is 5.95 Å². The molecule has 1 saturated carbocycles. The van der Waals surface area contributed by atoms with E-state index in [0.717, 1.165) is 38.1 Å². The molecule has 1 N–H and O–H groups in total. The molecule has 2 heterocycles. The number of aromatic nitrogens is 2. The molecule has 0 amide bonds. The summed E-state index contributed by atoms with van der Waals surface area (Å²) in [4.78, 5) is 17.8. The molecule has 2 atom stereocenters. The molecule has 0 radical (unpaired) electrons. The van der Waals surface area contributed by atoms with Crippen LogP contribution in [0.5, 0.6) is 0 Å². The summed E-state index contributed by atoms with van der Waals surface area (Å²) >= 11 is 0. The molecule has 4 rings (SSSR count). The van der Waals surface area contributed by atoms with Gasteiger partial charge in [0.15, 0.2) is 5.96 Å². The number of piperazine rings is 1. The van der Waals surface area contributed by atoms with E-state index in [9.17, 15) is 0 Å². The van der Waals surface area contributed by atoms with Gasteiger partial charge in [0.1, 0.15) is 0 Å². The van der Waals surface area contributed by atoms with Gasteiger partial charge in [-0.15, -0.1) is 24.0 Å². The van der Waals surface area contributed by atoms with Crippen LogP contribution in [0, 0.1) is 0 Å². The van der Waals surface area contributed by atoms with Crippen molar-refractivity contribution in [2.75, 3.05) is 38.1 Å². The minimum absolute atomic E-state index is 0. The van der Waals surface area contributed by atoms with E-state index in [2.05, 4.69) is 60.4 Å². The number of hydrogen-bond donors (Lipinski definition) is 1. The quantitative estimate of drug-likeness (QED) is 0.430. The van der Waals surface area contributed by atoms with Crippen LogP contribution < -0.4 is 10.2 Å². The van der Waals surface area contributed by atoms with Crippen molar-refractivity contribution in [3.63, 3.8) is 0 Å². The summed E-state index contributed by atoms with van der Waals surface area (Å²) in [6.45, 7) is 3.69. The molecule has 0 spiro atoms. The second-order valence-electron chi connectivity index (χ2n) is 6.57. The number of rotatable bonds is 3. The van der Waals surface area contributed by atoms with Crippen LogP contribution in [0.15, 0.2) is 53.8 Å². The van der Waals surface area contributed by atoms with Crippen molar-refractivity contribution in [1.82, 2.24) is 20.2 Å². The van der Waals surface area contributed by atoms with Crippen LogP contribution in [0.1, 0.15) is 17.9 Å². The van der Waals surface area contributed by atoms with Gasteiger partial charge in [-0.1, -0.05) is 30.3 Å². The Morgan fingerprint density at radius 2 is 1.73 bits per heavy atom. The fourth-order valence-electron chi connectivity index (χ4n) is 3.46. The maximum atomic E-state index is 4.50. The van der Waals surface area contributed by atoms with Crippen molar-refractivity contribution in [1.29, 1.82) is 0 Å². The van der Waals surface area contributed by atoms with Crippen LogP contribution in [-0.2, 0) is 0 Å². The van der Waals surface area contributed by atoms with Gasteiger partial charge in [-0.05, 0) is 18.1 Å². The van der Waals surface area contributed by atoms with Gasteiger partial charge < -0.3 is 15.1 Å². The van der Waals surface area contributed by atoms with E-state index < -0.39 is 0 Å². The molecule has 1 aromatic carbocycles. The second kappa shape index (κ2) is 8.66. The Balaban J connectivity index is 0.00000196. The van der Waals surface area contributed by atoms with Gasteiger partial charge >= 0.3 is 0 Å². The molecule has 7 heteroatoms. The molecule has 2 aliphatic rings. The van der Waals surface area contributed by atoms with Crippen molar-refractivity contribution < 1.29 is 0 Å². The van der Waals surface area contributed by atoms with Crippen molar-refractivity contribution in [3.05, 3.63) is 54.4 Å². The predicted molar refractivity (Wildman–Crippen MR) is 115 cm³/mol. The number of benzene rings is 1. The van der Waals surface area contributed by atoms with E-state index in [0.29, 0.717) is 12.0 Å². The summed E-state index contributed by atoms with van der Waals surface area (Å²) in [6, 6.07) is 13.1. The third-order valence-electron chi connectivity index (χ3n) is 4.96. The van der Waals surface area contributed by atoms with Crippen molar-refractivity contribution >= 4 is 35.9 Å². The molecular formula is C19H25IN6. The highest BCUT2D eigenvalue weighted by atomic mass is 127. The lowest BCUT2D eigenvalue weighted by Crippen LogP contribution is -2.53. The Morgan fingerprint density at radius 1 is 1.04 bits per heavy atom. The number of guanidine groups is 1. The molecular weight excluding hydrogens is 439 g/mol. The fraction of sp³-hybridized carbons (Fsp3) is 0.421. The van der Waals surface area contributed by atoms with Crippen molar-refractivity contribution in [2.45, 2.75) is 18.4 Å². The molecule has 0 bridgehead atoms. The van der Waals surface area contributed by atoms with Gasteiger partial charge in [-0.3, -0.25) is 4.99 Å². The third kappa shape index (κ3) is 4.25. The largest absolute Gasteiger partial charge is 0.353 e. The Bertz CT molecular complexity index is 715. The van der Waals surface area contributed by atoms with E-state index in [1.807, 2.05) is 13.1 Å². The average Bonchev–Trinajstić information content (AvgIpc) is 3.47. The van der Waals surface area contributed by atoms with Crippen LogP contribution >= 0.6 is 24.0 Å². The Labute approximate surface area is 171 Å². The smallest absolute Gasteiger partial charge is 0.225 e. The van der Waals surface area contributed by atoms with Crippen LogP contribution in [0.2, 0.25) is 0 Å². The summed E-state index contributed by atoms with van der Waals surface area (Å²) in [6.07, 6.45) is 4.78. The second-order valence-corrected chi connectivity index (χ2v) is 6.57. The number of hydrogen-bond acceptors (Lipinski definition) is 4. The molecule has 2 aromatic rings. The maximum absolute atomic E-state index is 4.50. The van der Waals surface area contributed by atoms with Crippen LogP contribution in [0.25, 0.3) is 0 Å². The molecule has 2 unspecified atom stereocenters. The summed E-state index contributed by atoms with van der Waals surface area (Å²) in [5.41, 5.74) is 1.42. The normalized spacial score (nSPS) is 22.6. The lowest BCUT2D eigenvalue weighted by atomic mass is 10.1. The molecule has 138 valence electrons. The van der Waals surface area contributed by atoms with E-state index in [1.165, 1.54) is 12.0 Å². The zero-order valence-electron chi connectivity index (χ0n) is 15.0. The predicted octanol–water partition coefficient (Wildman–Crippen LogP) is 2.35. The van der Waals surface area contributed by atoms with Gasteiger partial charge in [0.05, 0.1) is 0 Å². The van der Waals surface area contributed by atoms with Gasteiger partial charge in [-0.2, -0.15) is 0 Å². The van der Waals surface area contributed by atoms with E-state index in [-0.39, 0.29) is 24.0 Å². The minimum Gasteiger partial charge on any atom is -0.353 e. The van der Waals surface area contributed by atoms with Gasteiger partial charge in [0, 0.05) is 57.6 Å². The van der Waals surface area contributed by atoms with E-state index in [1.54, 1.807) is 12.4 Å². The Hall–Kier alpha value is -1.90. The van der Waals surface area contributed by atoms with Crippen LogP contribution in [0.4, 0.5) is 5.95 Å². The lowest BCUT2D eigenvalue weighted by molar-refractivity contribution is 0.369. The average molecular weight is 464 g/mol. The van der Waals surface area contributed by atoms with Crippen LogP contribution in [0.3, 0.4) is 0 Å². The number of nitrogens with one attached hydrogen (secondary N) is 1. The number of aliphatic imine (C=N–C) groups is 1.